The van der Waals surface area contributed by atoms with E-state index in [0.29, 0.717) is 5.92 Å². The van der Waals surface area contributed by atoms with Gasteiger partial charge in [-0.25, -0.2) is 0 Å². The van der Waals surface area contributed by atoms with Crippen molar-refractivity contribution in [1.29, 1.82) is 0 Å². The second-order valence-corrected chi connectivity index (χ2v) is 11.6. The third kappa shape index (κ3) is 7.29. The molecule has 3 nitrogen and oxygen atoms in total. The van der Waals surface area contributed by atoms with Crippen LogP contribution in [0.1, 0.15) is 30.9 Å². The van der Waals surface area contributed by atoms with Gasteiger partial charge < -0.3 is 0 Å². The van der Waals surface area contributed by atoms with E-state index in [4.69, 9.17) is 24.1 Å². The van der Waals surface area contributed by atoms with Gasteiger partial charge in [0.05, 0.1) is 0 Å². The van der Waals surface area contributed by atoms with Crippen LogP contribution >= 0.6 is 19.4 Å². The minimum absolute atomic E-state index is 0.653. The van der Waals surface area contributed by atoms with Crippen LogP contribution in [0, 0.1) is 6.92 Å². The average molecular weight is 448 g/mol. The first-order valence-corrected chi connectivity index (χ1v) is 13.1. The SMILES string of the molecule is COCCN1CCN(C)[C]1=[Ru]([Cl])[Cl].Cc1ccc(C(C)C)cc1. The Morgan fingerprint density at radius 2 is 1.78 bits per heavy atom. The monoisotopic (exact) mass is 448 g/mol. The smallest absolute Gasteiger partial charge is 0.0219 e. The van der Waals surface area contributed by atoms with Gasteiger partial charge in [-0.15, -0.1) is 0 Å². The Hall–Kier alpha value is 0.173. The predicted molar refractivity (Wildman–Crippen MR) is 98.1 cm³/mol. The summed E-state index contributed by atoms with van der Waals surface area (Å²) < 4.78 is 6.15. The molecule has 0 bridgehead atoms. The first kappa shape index (κ1) is 21.2. The van der Waals surface area contributed by atoms with Crippen LogP contribution in [0.25, 0.3) is 0 Å². The van der Waals surface area contributed by atoms with Crippen molar-refractivity contribution in [3.05, 3.63) is 35.4 Å². The molecule has 1 aromatic carbocycles. The van der Waals surface area contributed by atoms with Gasteiger partial charge >= 0.3 is 92.2 Å². The zero-order chi connectivity index (χ0) is 17.4. The summed E-state index contributed by atoms with van der Waals surface area (Å²) in [6.07, 6.45) is 0. The Labute approximate surface area is 154 Å². The van der Waals surface area contributed by atoms with Gasteiger partial charge in [-0.2, -0.15) is 0 Å². The van der Waals surface area contributed by atoms with Gasteiger partial charge in [-0.05, 0) is 18.4 Å². The van der Waals surface area contributed by atoms with Crippen molar-refractivity contribution in [3.8, 4) is 0 Å². The second kappa shape index (κ2) is 10.9. The Morgan fingerprint density at radius 3 is 2.26 bits per heavy atom. The first-order chi connectivity index (χ1) is 10.9. The minimum atomic E-state index is -1.77. The molecule has 0 spiro atoms. The van der Waals surface area contributed by atoms with Crippen molar-refractivity contribution in [2.45, 2.75) is 26.7 Å². The molecule has 6 heteroatoms. The zero-order valence-corrected chi connectivity index (χ0v) is 17.9. The number of hydrogen-bond acceptors (Lipinski definition) is 3. The van der Waals surface area contributed by atoms with E-state index in [1.54, 1.807) is 7.11 Å². The molecule has 0 N–H and O–H groups in total. The van der Waals surface area contributed by atoms with E-state index in [0.717, 1.165) is 30.6 Å². The van der Waals surface area contributed by atoms with Crippen molar-refractivity contribution in [2.75, 3.05) is 40.4 Å². The Balaban J connectivity index is 0.000000238. The fraction of sp³-hybridized carbons (Fsp3) is 0.588. The Kier molecular flexibility index (Phi) is 10.1. The third-order valence-electron chi connectivity index (χ3n) is 3.69. The maximum absolute atomic E-state index is 6.00. The van der Waals surface area contributed by atoms with E-state index in [-0.39, 0.29) is 0 Å². The van der Waals surface area contributed by atoms with Crippen LogP contribution in [-0.2, 0) is 18.3 Å². The number of aryl methyl sites for hydroxylation is 1. The molecule has 23 heavy (non-hydrogen) atoms. The molecule has 134 valence electrons. The molecule has 0 aliphatic carbocycles. The van der Waals surface area contributed by atoms with Crippen LogP contribution in [0.4, 0.5) is 0 Å². The van der Waals surface area contributed by atoms with Gasteiger partial charge in [-0.1, -0.05) is 43.7 Å². The molecule has 0 atom stereocenters. The zero-order valence-electron chi connectivity index (χ0n) is 14.6. The van der Waals surface area contributed by atoms with Gasteiger partial charge in [0.2, 0.25) is 0 Å². The molecule has 1 aliphatic rings. The number of hydrogen-bond donors (Lipinski definition) is 0. The number of halogens is 2. The number of methoxy groups -OCH3 is 1. The number of ether oxygens (including phenoxy) is 1. The quantitative estimate of drug-likeness (QED) is 0.648. The molecule has 2 rings (SSSR count). The van der Waals surface area contributed by atoms with Crippen LogP contribution in [0.2, 0.25) is 0 Å². The molecular formula is C17H28Cl2N2ORu. The summed E-state index contributed by atoms with van der Waals surface area (Å²) in [5, 5.41) is 0. The van der Waals surface area contributed by atoms with Crippen LogP contribution in [-0.4, -0.2) is 54.6 Å². The maximum Gasteiger partial charge on any atom is -0.0219 e. The molecule has 1 heterocycles. The van der Waals surface area contributed by atoms with E-state index < -0.39 is 13.5 Å². The van der Waals surface area contributed by atoms with Gasteiger partial charge in [0.25, 0.3) is 0 Å². The van der Waals surface area contributed by atoms with Crippen molar-refractivity contribution in [3.63, 3.8) is 0 Å². The van der Waals surface area contributed by atoms with Crippen molar-refractivity contribution in [1.82, 2.24) is 9.80 Å². The van der Waals surface area contributed by atoms with Crippen LogP contribution in [0.3, 0.4) is 0 Å². The molecule has 0 unspecified atom stereocenters. The van der Waals surface area contributed by atoms with Gasteiger partial charge in [-0.3, -0.25) is 0 Å². The maximum atomic E-state index is 6.00. The van der Waals surface area contributed by atoms with Gasteiger partial charge in [0.1, 0.15) is 0 Å². The van der Waals surface area contributed by atoms with Crippen molar-refractivity contribution < 1.29 is 18.3 Å². The number of nitrogens with zero attached hydrogens (tertiary/aromatic N) is 2. The number of rotatable bonds is 4. The molecule has 1 aliphatic heterocycles. The van der Waals surface area contributed by atoms with E-state index in [1.165, 1.54) is 11.1 Å². The molecule has 1 saturated heterocycles. The molecule has 1 fully saturated rings. The fourth-order valence-corrected chi connectivity index (χ4v) is 5.94. The summed E-state index contributed by atoms with van der Waals surface area (Å²) in [5.41, 5.74) is 2.76. The first-order valence-electron chi connectivity index (χ1n) is 7.75. The molecule has 0 amide bonds. The molecule has 0 aromatic heterocycles. The molecule has 0 radical (unpaired) electrons. The standard InChI is InChI=1S/C10H14.C7H14N2O.2ClH.Ru/c1-8(2)10-6-4-9(3)5-7-10;1-8-3-4-9(7-8)5-6-10-2;;;/h4-8H,1-3H3;3-6H2,1-2H3;2*1H;/q;;;;+2/p-2. The molecule has 0 saturated carbocycles. The summed E-state index contributed by atoms with van der Waals surface area (Å²) >= 11 is -1.77. The predicted octanol–water partition coefficient (Wildman–Crippen LogP) is 4.01. The Bertz CT molecular complexity index is 502. The van der Waals surface area contributed by atoms with Crippen molar-refractivity contribution >= 4 is 23.7 Å². The largest absolute Gasteiger partial charge is 0.0590 e. The van der Waals surface area contributed by atoms with Crippen LogP contribution in [0.15, 0.2) is 24.3 Å². The summed E-state index contributed by atoms with van der Waals surface area (Å²) in [5.74, 6) is 0.653. The van der Waals surface area contributed by atoms with Crippen LogP contribution in [0.5, 0.6) is 0 Å². The summed E-state index contributed by atoms with van der Waals surface area (Å²) in [6.45, 7) is 10.2. The topological polar surface area (TPSA) is 15.7 Å². The average Bonchev–Trinajstić information content (AvgIpc) is 2.87. The van der Waals surface area contributed by atoms with Gasteiger partial charge in [0, 0.05) is 0 Å². The van der Waals surface area contributed by atoms with E-state index in [1.807, 2.05) is 7.05 Å². The van der Waals surface area contributed by atoms with Crippen LogP contribution < -0.4 is 0 Å². The Morgan fingerprint density at radius 1 is 1.17 bits per heavy atom. The minimum Gasteiger partial charge on any atom is -0.0590 e. The van der Waals surface area contributed by atoms with E-state index >= 15 is 0 Å². The van der Waals surface area contributed by atoms with Crippen molar-refractivity contribution in [2.24, 2.45) is 0 Å². The second-order valence-electron chi connectivity index (χ2n) is 5.91. The summed E-state index contributed by atoms with van der Waals surface area (Å²) in [7, 11) is 15.7. The third-order valence-corrected chi connectivity index (χ3v) is 6.91. The summed E-state index contributed by atoms with van der Waals surface area (Å²) in [4.78, 5) is 4.37. The normalized spacial score (nSPS) is 16.5. The van der Waals surface area contributed by atoms with E-state index in [9.17, 15) is 0 Å². The van der Waals surface area contributed by atoms with Gasteiger partial charge in [0.15, 0.2) is 0 Å². The molecular weight excluding hydrogens is 420 g/mol. The summed E-state index contributed by atoms with van der Waals surface area (Å²) in [6, 6.07) is 8.71. The fourth-order valence-electron chi connectivity index (χ4n) is 2.23. The van der Waals surface area contributed by atoms with E-state index in [2.05, 4.69) is 54.8 Å². The number of benzene rings is 1. The molecule has 1 aromatic rings. The number of likely N-dealkylation sites (N-methyl/N-ethyl adjacent to an activating group) is 1.